The van der Waals surface area contributed by atoms with Gasteiger partial charge in [0, 0.05) is 19.2 Å². The maximum atomic E-state index is 9.65. The van der Waals surface area contributed by atoms with Crippen molar-refractivity contribution in [3.05, 3.63) is 59.7 Å². The summed E-state index contributed by atoms with van der Waals surface area (Å²) in [5, 5.41) is 13.2. The number of benzene rings is 2. The SMILES string of the molecule is COc1cc(CN[C@@H]2CCO[C@H](c3ccccc3)C2)ccc1O. The Morgan fingerprint density at radius 3 is 2.83 bits per heavy atom. The van der Waals surface area contributed by atoms with Crippen molar-refractivity contribution >= 4 is 0 Å². The van der Waals surface area contributed by atoms with Crippen LogP contribution < -0.4 is 10.1 Å². The molecular formula is C19H23NO3. The highest BCUT2D eigenvalue weighted by atomic mass is 16.5. The van der Waals surface area contributed by atoms with Crippen LogP contribution >= 0.6 is 0 Å². The maximum Gasteiger partial charge on any atom is 0.160 e. The Balaban J connectivity index is 1.58. The minimum Gasteiger partial charge on any atom is -0.504 e. The smallest absolute Gasteiger partial charge is 0.160 e. The van der Waals surface area contributed by atoms with Crippen LogP contribution in [0.25, 0.3) is 0 Å². The molecule has 0 spiro atoms. The summed E-state index contributed by atoms with van der Waals surface area (Å²) in [4.78, 5) is 0. The number of phenolic OH excluding ortho intramolecular Hbond substituents is 1. The van der Waals surface area contributed by atoms with Gasteiger partial charge < -0.3 is 19.9 Å². The monoisotopic (exact) mass is 313 g/mol. The van der Waals surface area contributed by atoms with Gasteiger partial charge in [0.25, 0.3) is 0 Å². The number of ether oxygens (including phenoxy) is 2. The third-order valence-electron chi connectivity index (χ3n) is 4.29. The van der Waals surface area contributed by atoms with Crippen molar-refractivity contribution in [2.45, 2.75) is 31.5 Å². The van der Waals surface area contributed by atoms with Gasteiger partial charge in [0.2, 0.25) is 0 Å². The van der Waals surface area contributed by atoms with Crippen molar-refractivity contribution < 1.29 is 14.6 Å². The van der Waals surface area contributed by atoms with Crippen LogP contribution in [-0.2, 0) is 11.3 Å². The van der Waals surface area contributed by atoms with E-state index in [1.807, 2.05) is 18.2 Å². The number of aromatic hydroxyl groups is 1. The zero-order chi connectivity index (χ0) is 16.1. The van der Waals surface area contributed by atoms with E-state index in [4.69, 9.17) is 9.47 Å². The van der Waals surface area contributed by atoms with E-state index in [2.05, 4.69) is 29.6 Å². The second kappa shape index (κ2) is 7.49. The molecule has 0 aliphatic carbocycles. The molecule has 4 heteroatoms. The van der Waals surface area contributed by atoms with Crippen LogP contribution in [0, 0.1) is 0 Å². The molecule has 2 aromatic rings. The van der Waals surface area contributed by atoms with E-state index in [0.29, 0.717) is 11.8 Å². The molecule has 23 heavy (non-hydrogen) atoms. The van der Waals surface area contributed by atoms with Crippen LogP contribution in [-0.4, -0.2) is 24.9 Å². The lowest BCUT2D eigenvalue weighted by Gasteiger charge is -2.30. The van der Waals surface area contributed by atoms with Crippen molar-refractivity contribution in [2.75, 3.05) is 13.7 Å². The number of hydrogen-bond acceptors (Lipinski definition) is 4. The van der Waals surface area contributed by atoms with Gasteiger partial charge in [-0.3, -0.25) is 0 Å². The van der Waals surface area contributed by atoms with Crippen LogP contribution in [0.2, 0.25) is 0 Å². The Morgan fingerprint density at radius 2 is 2.04 bits per heavy atom. The summed E-state index contributed by atoms with van der Waals surface area (Å²) < 4.78 is 11.1. The van der Waals surface area contributed by atoms with Crippen molar-refractivity contribution in [3.63, 3.8) is 0 Å². The molecule has 0 saturated carbocycles. The first kappa shape index (κ1) is 15.8. The lowest BCUT2D eigenvalue weighted by Crippen LogP contribution is -2.35. The summed E-state index contributed by atoms with van der Waals surface area (Å²) in [6.45, 7) is 1.53. The lowest BCUT2D eigenvalue weighted by atomic mass is 9.97. The molecule has 0 unspecified atom stereocenters. The second-order valence-corrected chi connectivity index (χ2v) is 5.88. The molecule has 0 radical (unpaired) electrons. The van der Waals surface area contributed by atoms with Crippen LogP contribution in [0.3, 0.4) is 0 Å². The molecule has 1 aliphatic heterocycles. The van der Waals surface area contributed by atoms with Crippen LogP contribution in [0.5, 0.6) is 11.5 Å². The minimum atomic E-state index is 0.164. The molecule has 0 bridgehead atoms. The molecule has 1 fully saturated rings. The quantitative estimate of drug-likeness (QED) is 0.888. The van der Waals surface area contributed by atoms with Crippen LogP contribution in [0.4, 0.5) is 0 Å². The zero-order valence-electron chi connectivity index (χ0n) is 13.4. The average molecular weight is 313 g/mol. The average Bonchev–Trinajstić information content (AvgIpc) is 2.62. The van der Waals surface area contributed by atoms with Crippen molar-refractivity contribution in [2.24, 2.45) is 0 Å². The highest BCUT2D eigenvalue weighted by molar-refractivity contribution is 5.41. The Kier molecular flexibility index (Phi) is 5.16. The largest absolute Gasteiger partial charge is 0.504 e. The predicted molar refractivity (Wildman–Crippen MR) is 89.7 cm³/mol. The Morgan fingerprint density at radius 1 is 1.22 bits per heavy atom. The van der Waals surface area contributed by atoms with E-state index in [-0.39, 0.29) is 11.9 Å². The molecule has 1 heterocycles. The van der Waals surface area contributed by atoms with Gasteiger partial charge >= 0.3 is 0 Å². The summed E-state index contributed by atoms with van der Waals surface area (Å²) >= 11 is 0. The van der Waals surface area contributed by atoms with Gasteiger partial charge in [0.1, 0.15) is 0 Å². The minimum absolute atomic E-state index is 0.164. The molecule has 1 aliphatic rings. The van der Waals surface area contributed by atoms with Crippen molar-refractivity contribution in [3.8, 4) is 11.5 Å². The van der Waals surface area contributed by atoms with Crippen LogP contribution in [0.1, 0.15) is 30.1 Å². The summed E-state index contributed by atoms with van der Waals surface area (Å²) in [7, 11) is 1.56. The number of nitrogens with one attached hydrogen (secondary N) is 1. The van der Waals surface area contributed by atoms with E-state index >= 15 is 0 Å². The number of rotatable bonds is 5. The van der Waals surface area contributed by atoms with Crippen molar-refractivity contribution in [1.82, 2.24) is 5.32 Å². The molecular weight excluding hydrogens is 290 g/mol. The highest BCUT2D eigenvalue weighted by Crippen LogP contribution is 2.29. The standard InChI is InChI=1S/C19H23NO3/c1-22-19-11-14(7-8-17(19)21)13-20-16-9-10-23-18(12-16)15-5-3-2-4-6-15/h2-8,11,16,18,20-21H,9-10,12-13H2,1H3/t16-,18+/m1/s1. The molecule has 1 saturated heterocycles. The van der Waals surface area contributed by atoms with Gasteiger partial charge in [-0.15, -0.1) is 0 Å². The van der Waals surface area contributed by atoms with E-state index in [0.717, 1.165) is 31.6 Å². The van der Waals surface area contributed by atoms with Gasteiger partial charge in [-0.25, -0.2) is 0 Å². The van der Waals surface area contributed by atoms with E-state index < -0.39 is 0 Å². The maximum absolute atomic E-state index is 9.65. The molecule has 0 aromatic heterocycles. The fourth-order valence-corrected chi connectivity index (χ4v) is 2.98. The van der Waals surface area contributed by atoms with Gasteiger partial charge in [-0.2, -0.15) is 0 Å². The molecule has 122 valence electrons. The fourth-order valence-electron chi connectivity index (χ4n) is 2.98. The van der Waals surface area contributed by atoms with Gasteiger partial charge in [0.15, 0.2) is 11.5 Å². The lowest BCUT2D eigenvalue weighted by molar-refractivity contribution is -0.0000441. The first-order chi connectivity index (χ1) is 11.3. The predicted octanol–water partition coefficient (Wildman–Crippen LogP) is 3.41. The fraction of sp³-hybridized carbons (Fsp3) is 0.368. The molecule has 0 amide bonds. The Bertz CT molecular complexity index is 630. The molecule has 2 atom stereocenters. The summed E-state index contributed by atoms with van der Waals surface area (Å²) in [6.07, 6.45) is 2.15. The summed E-state index contributed by atoms with van der Waals surface area (Å²) in [5.74, 6) is 0.685. The number of hydrogen-bond donors (Lipinski definition) is 2. The summed E-state index contributed by atoms with van der Waals surface area (Å²) in [6, 6.07) is 16.3. The number of methoxy groups -OCH3 is 1. The Hall–Kier alpha value is -2.04. The van der Waals surface area contributed by atoms with Gasteiger partial charge in [-0.05, 0) is 36.1 Å². The molecule has 2 aromatic carbocycles. The normalized spacial score (nSPS) is 21.1. The van der Waals surface area contributed by atoms with Gasteiger partial charge in [-0.1, -0.05) is 36.4 Å². The first-order valence-electron chi connectivity index (χ1n) is 8.02. The first-order valence-corrected chi connectivity index (χ1v) is 8.02. The van der Waals surface area contributed by atoms with Crippen molar-refractivity contribution in [1.29, 1.82) is 0 Å². The highest BCUT2D eigenvalue weighted by Gasteiger charge is 2.23. The third kappa shape index (κ3) is 4.03. The van der Waals surface area contributed by atoms with E-state index in [1.54, 1.807) is 13.2 Å². The molecule has 2 N–H and O–H groups in total. The van der Waals surface area contributed by atoms with Crippen LogP contribution in [0.15, 0.2) is 48.5 Å². The Labute approximate surface area is 137 Å². The topological polar surface area (TPSA) is 50.7 Å². The third-order valence-corrected chi connectivity index (χ3v) is 4.29. The summed E-state index contributed by atoms with van der Waals surface area (Å²) in [5.41, 5.74) is 2.34. The number of phenols is 1. The zero-order valence-corrected chi connectivity index (χ0v) is 13.4. The van der Waals surface area contributed by atoms with E-state index in [1.165, 1.54) is 5.56 Å². The molecule has 3 rings (SSSR count). The van der Waals surface area contributed by atoms with Gasteiger partial charge in [0.05, 0.1) is 13.2 Å². The molecule has 4 nitrogen and oxygen atoms in total. The van der Waals surface area contributed by atoms with E-state index in [9.17, 15) is 5.11 Å². The second-order valence-electron chi connectivity index (χ2n) is 5.88.